The summed E-state index contributed by atoms with van der Waals surface area (Å²) in [5, 5.41) is 46.6. The molecule has 4 aromatic heterocycles. The smallest absolute Gasteiger partial charge is 1.00 e. The predicted octanol–water partition coefficient (Wildman–Crippen LogP) is -1.41. The summed E-state index contributed by atoms with van der Waals surface area (Å²) in [4.78, 5) is 43.7. The van der Waals surface area contributed by atoms with Crippen molar-refractivity contribution >= 4 is 31.9 Å². The number of ether oxygens (including phenoxy) is 6. The number of aliphatic hydroxyl groups is 4. The van der Waals surface area contributed by atoms with E-state index in [0.29, 0.717) is 55.9 Å². The van der Waals surface area contributed by atoms with Crippen LogP contribution in [0.5, 0.6) is 0 Å². The van der Waals surface area contributed by atoms with Crippen molar-refractivity contribution in [3.8, 4) is 0 Å². The van der Waals surface area contributed by atoms with Gasteiger partial charge in [0.15, 0.2) is 34.5 Å². The minimum absolute atomic E-state index is 0. The molecule has 0 amide bonds. The number of carbonyl (C=O) groups is 4. The molecule has 4 N–H and O–H groups in total. The van der Waals surface area contributed by atoms with Crippen molar-refractivity contribution in [1.82, 2.24) is 20.6 Å². The first-order valence-corrected chi connectivity index (χ1v) is 16.9. The molecule has 0 atom stereocenters. The summed E-state index contributed by atoms with van der Waals surface area (Å²) in [5.41, 5.74) is 1.00. The number of aliphatic hydroxyl groups excluding tert-OH is 4. The van der Waals surface area contributed by atoms with E-state index in [1.54, 1.807) is 33.8 Å². The molecule has 315 valence electrons. The van der Waals surface area contributed by atoms with Crippen molar-refractivity contribution in [3.05, 3.63) is 70.1 Å². The first-order valence-electron chi connectivity index (χ1n) is 16.9. The number of aromatic nitrogens is 4. The quantitative estimate of drug-likeness (QED) is 0.0766. The van der Waals surface area contributed by atoms with Crippen LogP contribution in [0.15, 0.2) is 42.4 Å². The Hall–Kier alpha value is -4.14. The third-order valence-corrected chi connectivity index (χ3v) is 6.80. The maximum absolute atomic E-state index is 11.4. The molecular weight excluding hydrogens is 786 g/mol. The van der Waals surface area contributed by atoms with Gasteiger partial charge in [-0.05, 0) is 27.7 Å². The van der Waals surface area contributed by atoms with E-state index < -0.39 is 23.5 Å². The Bertz CT molecular complexity index is 1800. The second kappa shape index (κ2) is 27.5. The van der Waals surface area contributed by atoms with E-state index in [9.17, 15) is 19.2 Å². The van der Waals surface area contributed by atoms with Crippen LogP contribution in [-0.2, 0) is 53.2 Å². The summed E-state index contributed by atoms with van der Waals surface area (Å²) in [5.74, 6) is -2.24. The van der Waals surface area contributed by atoms with E-state index in [-0.39, 0.29) is 107 Å². The summed E-state index contributed by atoms with van der Waals surface area (Å²) in [7, 11) is 0. The van der Waals surface area contributed by atoms with Crippen LogP contribution < -0.4 is 29.6 Å². The number of ketones is 2. The molecule has 3 radical (unpaired) electrons. The average Bonchev–Trinajstić information content (AvgIpc) is 4.04. The second-order valence-electron chi connectivity index (χ2n) is 11.1. The Balaban J connectivity index is 0. The minimum atomic E-state index is -0.947. The number of hydrogen-bond donors (Lipinski definition) is 4. The molecule has 0 bridgehead atoms. The van der Waals surface area contributed by atoms with Gasteiger partial charge in [0.05, 0.1) is 66.1 Å². The number of Topliss-reactive ketones (excluding diaryl/α,β-unsaturated/α-hetero) is 2. The van der Waals surface area contributed by atoms with Crippen LogP contribution in [0.25, 0.3) is 0 Å². The maximum Gasteiger partial charge on any atom is 1.00 e. The molecule has 6 heterocycles. The Kier molecular flexibility index (Phi) is 25.6. The van der Waals surface area contributed by atoms with Crippen molar-refractivity contribution in [2.45, 2.75) is 66.3 Å². The van der Waals surface area contributed by atoms with Crippen LogP contribution in [-0.4, -0.2) is 126 Å². The molecule has 24 heteroatoms. The largest absolute Gasteiger partial charge is 1.00 e. The summed E-state index contributed by atoms with van der Waals surface area (Å²) >= 11 is 0. The molecule has 6 rings (SSSR count). The average molecular weight is 834 g/mol. The van der Waals surface area contributed by atoms with Gasteiger partial charge >= 0.3 is 41.5 Å². The van der Waals surface area contributed by atoms with E-state index in [1.807, 2.05) is 0 Å². The van der Waals surface area contributed by atoms with Crippen LogP contribution in [0.3, 0.4) is 0 Å². The number of nitrogens with zero attached hydrogens (tertiary/aromatic N) is 4. The molecule has 2 aliphatic rings. The van der Waals surface area contributed by atoms with Gasteiger partial charge in [-0.15, -0.1) is 0 Å². The van der Waals surface area contributed by atoms with Crippen LogP contribution in [0.2, 0.25) is 0 Å². The monoisotopic (exact) mass is 833 g/mol. The van der Waals surface area contributed by atoms with E-state index >= 15 is 0 Å². The molecule has 0 aromatic carbocycles. The van der Waals surface area contributed by atoms with Crippen LogP contribution >= 0.6 is 0 Å². The van der Waals surface area contributed by atoms with Gasteiger partial charge in [-0.1, -0.05) is 20.6 Å². The Morgan fingerprint density at radius 1 is 0.621 bits per heavy atom. The van der Waals surface area contributed by atoms with Gasteiger partial charge in [0, 0.05) is 46.5 Å². The van der Waals surface area contributed by atoms with Gasteiger partial charge in [-0.25, -0.2) is 9.59 Å². The standard InChI is InChI=1S/C10H13NO5.C8H11NO4.C8H9NO4.C6H7NO3.C2H6O2.B.Na.H/c1-3-13-9(12)7-6-8(16-11-7)10(2)14-4-5-15-10;1-8(11-2-3-12-8)7-4-6(5-10)9-13-7;1-3-12-8(11)6-4-7(5(2)10)13-9-6;1-4(9)6-2-5(3-8)7-10-6;3-1-2-4;;;/h6H,3-5H2,1-2H3;4,10H,2-3,5H2,1H3;4H,3H2,1-2H3;2,8H,3H2,1H3;3-4H,1-2H2;;;/q;;;;;;+1;-1. The first-order chi connectivity index (χ1) is 26.7. The van der Waals surface area contributed by atoms with Crippen molar-refractivity contribution in [2.24, 2.45) is 0 Å². The second-order valence-corrected chi connectivity index (χ2v) is 11.1. The van der Waals surface area contributed by atoms with Gasteiger partial charge in [0.2, 0.25) is 23.1 Å². The fourth-order valence-electron chi connectivity index (χ4n) is 4.00. The van der Waals surface area contributed by atoms with Crippen molar-refractivity contribution in [1.29, 1.82) is 0 Å². The molecule has 2 fully saturated rings. The normalized spacial score (nSPS) is 14.2. The van der Waals surface area contributed by atoms with Crippen molar-refractivity contribution in [2.75, 3.05) is 52.9 Å². The van der Waals surface area contributed by atoms with E-state index in [1.165, 1.54) is 32.0 Å². The molecular formula is C34H47BN4NaO18. The molecule has 2 aliphatic heterocycles. The van der Waals surface area contributed by atoms with E-state index in [0.717, 1.165) is 0 Å². The molecule has 0 spiro atoms. The SMILES string of the molecule is CC(=O)c1cc(CO)no1.CC1(c2cc(CO)no2)OCCO1.CCOC(=O)c1cc(C(C)=O)on1.CCOC(=O)c1cc(C2(C)OCCO2)on1.OCCO.[B].[H-].[Na+]. The van der Waals surface area contributed by atoms with E-state index in [4.69, 9.17) is 53.2 Å². The van der Waals surface area contributed by atoms with E-state index in [2.05, 4.69) is 34.4 Å². The van der Waals surface area contributed by atoms with Crippen molar-refractivity contribution < 1.29 is 117 Å². The zero-order chi connectivity index (χ0) is 41.7. The molecule has 22 nitrogen and oxygen atoms in total. The predicted molar refractivity (Wildman–Crippen MR) is 189 cm³/mol. The van der Waals surface area contributed by atoms with Gasteiger partial charge in [-0.2, -0.15) is 0 Å². The molecule has 2 saturated heterocycles. The fraction of sp³-hybridized carbons (Fsp3) is 0.529. The summed E-state index contributed by atoms with van der Waals surface area (Å²) in [6.45, 7) is 11.7. The maximum atomic E-state index is 11.4. The van der Waals surface area contributed by atoms with Gasteiger partial charge in [0.25, 0.3) is 0 Å². The third-order valence-electron chi connectivity index (χ3n) is 6.80. The van der Waals surface area contributed by atoms with Crippen LogP contribution in [0, 0.1) is 0 Å². The zero-order valence-corrected chi connectivity index (χ0v) is 35.3. The number of carbonyl (C=O) groups excluding carboxylic acids is 4. The Labute approximate surface area is 357 Å². The number of hydrogen-bond acceptors (Lipinski definition) is 22. The summed E-state index contributed by atoms with van der Waals surface area (Å²) < 4.78 is 50.0. The first kappa shape index (κ1) is 53.9. The molecule has 4 aromatic rings. The number of esters is 2. The molecule has 0 unspecified atom stereocenters. The Morgan fingerprint density at radius 2 is 0.983 bits per heavy atom. The van der Waals surface area contributed by atoms with Crippen LogP contribution in [0.4, 0.5) is 0 Å². The summed E-state index contributed by atoms with van der Waals surface area (Å²) in [6.07, 6.45) is 0. The molecule has 0 saturated carbocycles. The minimum Gasteiger partial charge on any atom is -1.00 e. The zero-order valence-electron chi connectivity index (χ0n) is 34.3. The fourth-order valence-corrected chi connectivity index (χ4v) is 4.00. The molecule has 0 aliphatic carbocycles. The van der Waals surface area contributed by atoms with Gasteiger partial charge in [-0.3, -0.25) is 9.59 Å². The van der Waals surface area contributed by atoms with Crippen molar-refractivity contribution in [3.63, 3.8) is 0 Å². The summed E-state index contributed by atoms with van der Waals surface area (Å²) in [6, 6.07) is 5.79. The Morgan fingerprint density at radius 3 is 1.34 bits per heavy atom. The topological polar surface area (TPSA) is 309 Å². The van der Waals surface area contributed by atoms with Gasteiger partial charge < -0.3 is 68.4 Å². The third kappa shape index (κ3) is 17.0. The molecule has 58 heavy (non-hydrogen) atoms. The van der Waals surface area contributed by atoms with Gasteiger partial charge in [0.1, 0.15) is 11.4 Å². The number of rotatable bonds is 11. The van der Waals surface area contributed by atoms with Crippen LogP contribution in [0.1, 0.15) is 108 Å².